The Morgan fingerprint density at radius 3 is 2.50 bits per heavy atom. The Morgan fingerprint density at radius 2 is 1.89 bits per heavy atom. The first-order chi connectivity index (χ1) is 17.2. The highest BCUT2D eigenvalue weighted by molar-refractivity contribution is 5.94. The van der Waals surface area contributed by atoms with Gasteiger partial charge in [0.2, 0.25) is 17.7 Å². The Labute approximate surface area is 210 Å². The van der Waals surface area contributed by atoms with Crippen LogP contribution in [0.3, 0.4) is 0 Å². The third-order valence-electron chi connectivity index (χ3n) is 6.70. The molecular formula is C27H32FN5O3. The highest BCUT2D eigenvalue weighted by Crippen LogP contribution is 2.28. The summed E-state index contributed by atoms with van der Waals surface area (Å²) in [5.74, 6) is -2.19. The molecule has 0 bridgehead atoms. The SMILES string of the molecule is CCCC1C(=O)N(C(C(N)=O)C(C)c2cccc(C#N)c2)CCN1C(=O)C(N)Cc1ccc(F)cc1. The van der Waals surface area contributed by atoms with Gasteiger partial charge in [-0.15, -0.1) is 0 Å². The molecular weight excluding hydrogens is 461 g/mol. The molecule has 1 fully saturated rings. The molecule has 2 aromatic rings. The second kappa shape index (κ2) is 11.8. The minimum atomic E-state index is -0.934. The molecule has 0 aliphatic carbocycles. The quantitative estimate of drug-likeness (QED) is 0.552. The van der Waals surface area contributed by atoms with Crippen molar-refractivity contribution in [3.05, 3.63) is 71.0 Å². The van der Waals surface area contributed by atoms with Gasteiger partial charge in [0.05, 0.1) is 17.7 Å². The fourth-order valence-corrected chi connectivity index (χ4v) is 4.82. The first-order valence-corrected chi connectivity index (χ1v) is 12.1. The monoisotopic (exact) mass is 493 g/mol. The van der Waals surface area contributed by atoms with Gasteiger partial charge in [-0.05, 0) is 48.2 Å². The van der Waals surface area contributed by atoms with Crippen LogP contribution < -0.4 is 11.5 Å². The van der Waals surface area contributed by atoms with Crippen molar-refractivity contribution in [2.45, 2.75) is 57.2 Å². The number of piperazine rings is 1. The van der Waals surface area contributed by atoms with Crippen molar-refractivity contribution in [3.63, 3.8) is 0 Å². The lowest BCUT2D eigenvalue weighted by Gasteiger charge is -2.45. The number of nitrogens with two attached hydrogens (primary N) is 2. The van der Waals surface area contributed by atoms with E-state index < -0.39 is 30.0 Å². The second-order valence-electron chi connectivity index (χ2n) is 9.18. The molecule has 1 saturated heterocycles. The molecule has 0 aromatic heterocycles. The van der Waals surface area contributed by atoms with Crippen molar-refractivity contribution in [1.29, 1.82) is 5.26 Å². The third-order valence-corrected chi connectivity index (χ3v) is 6.70. The maximum Gasteiger partial charge on any atom is 0.246 e. The number of benzene rings is 2. The summed E-state index contributed by atoms with van der Waals surface area (Å²) in [6, 6.07) is 12.1. The Bertz CT molecular complexity index is 1150. The molecule has 9 heteroatoms. The molecule has 4 atom stereocenters. The molecule has 3 rings (SSSR count). The number of hydrogen-bond acceptors (Lipinski definition) is 5. The molecule has 0 spiro atoms. The molecule has 4 N–H and O–H groups in total. The summed E-state index contributed by atoms with van der Waals surface area (Å²) in [6.07, 6.45) is 1.26. The molecule has 0 radical (unpaired) electrons. The van der Waals surface area contributed by atoms with E-state index in [1.807, 2.05) is 6.92 Å². The van der Waals surface area contributed by atoms with E-state index in [9.17, 15) is 24.0 Å². The average Bonchev–Trinajstić information content (AvgIpc) is 2.87. The lowest BCUT2D eigenvalue weighted by molar-refractivity contribution is -0.156. The maximum absolute atomic E-state index is 13.6. The predicted octanol–water partition coefficient (Wildman–Crippen LogP) is 2.06. The van der Waals surface area contributed by atoms with Gasteiger partial charge in [0.15, 0.2) is 0 Å². The second-order valence-corrected chi connectivity index (χ2v) is 9.18. The number of carbonyl (C=O) groups excluding carboxylic acids is 3. The molecule has 2 aromatic carbocycles. The first kappa shape index (κ1) is 26.8. The first-order valence-electron chi connectivity index (χ1n) is 12.1. The van der Waals surface area contributed by atoms with E-state index in [0.717, 1.165) is 11.1 Å². The molecule has 1 heterocycles. The van der Waals surface area contributed by atoms with Crippen molar-refractivity contribution in [1.82, 2.24) is 9.80 Å². The van der Waals surface area contributed by atoms with Gasteiger partial charge in [-0.3, -0.25) is 14.4 Å². The number of primary amides is 1. The zero-order valence-corrected chi connectivity index (χ0v) is 20.6. The lowest BCUT2D eigenvalue weighted by atomic mass is 9.89. The zero-order valence-electron chi connectivity index (χ0n) is 20.6. The predicted molar refractivity (Wildman–Crippen MR) is 133 cm³/mol. The summed E-state index contributed by atoms with van der Waals surface area (Å²) in [5.41, 5.74) is 13.9. The van der Waals surface area contributed by atoms with Gasteiger partial charge >= 0.3 is 0 Å². The van der Waals surface area contributed by atoms with Crippen LogP contribution in [-0.4, -0.2) is 58.7 Å². The van der Waals surface area contributed by atoms with E-state index in [1.54, 1.807) is 43.3 Å². The standard InChI is InChI=1S/C27H32FN5O3/c1-3-5-23-27(36)33(24(25(31)34)17(2)20-7-4-6-19(14-20)16-29)13-12-32(23)26(35)22(30)15-18-8-10-21(28)11-9-18/h4,6-11,14,17,22-24H,3,5,12-13,15,30H2,1-2H3,(H2,31,34). The maximum atomic E-state index is 13.6. The van der Waals surface area contributed by atoms with E-state index in [1.165, 1.54) is 21.9 Å². The normalized spacial score (nSPS) is 18.3. The minimum absolute atomic E-state index is 0.129. The van der Waals surface area contributed by atoms with E-state index in [0.29, 0.717) is 18.4 Å². The molecule has 1 aliphatic rings. The summed E-state index contributed by atoms with van der Waals surface area (Å²) in [6.45, 7) is 4.05. The molecule has 190 valence electrons. The number of rotatable bonds is 9. The van der Waals surface area contributed by atoms with Crippen LogP contribution in [0.15, 0.2) is 48.5 Å². The van der Waals surface area contributed by atoms with Gasteiger partial charge in [-0.1, -0.05) is 44.5 Å². The van der Waals surface area contributed by atoms with Gasteiger partial charge in [0.1, 0.15) is 17.9 Å². The molecule has 1 aliphatic heterocycles. The van der Waals surface area contributed by atoms with Crippen LogP contribution in [0, 0.1) is 17.1 Å². The number of nitriles is 1. The summed E-state index contributed by atoms with van der Waals surface area (Å²) < 4.78 is 13.2. The molecule has 3 amide bonds. The number of amides is 3. The average molecular weight is 494 g/mol. The van der Waals surface area contributed by atoms with E-state index >= 15 is 0 Å². The lowest BCUT2D eigenvalue weighted by Crippen LogP contribution is -2.65. The van der Waals surface area contributed by atoms with E-state index in [4.69, 9.17) is 11.5 Å². The van der Waals surface area contributed by atoms with Crippen LogP contribution >= 0.6 is 0 Å². The van der Waals surface area contributed by atoms with Crippen LogP contribution in [0.1, 0.15) is 49.3 Å². The third kappa shape index (κ3) is 5.89. The minimum Gasteiger partial charge on any atom is -0.368 e. The van der Waals surface area contributed by atoms with Crippen molar-refractivity contribution in [2.75, 3.05) is 13.1 Å². The highest BCUT2D eigenvalue weighted by atomic mass is 19.1. The fourth-order valence-electron chi connectivity index (χ4n) is 4.82. The van der Waals surface area contributed by atoms with Crippen molar-refractivity contribution in [3.8, 4) is 6.07 Å². The molecule has 4 unspecified atom stereocenters. The molecule has 36 heavy (non-hydrogen) atoms. The Morgan fingerprint density at radius 1 is 1.19 bits per heavy atom. The fraction of sp³-hybridized carbons (Fsp3) is 0.407. The largest absolute Gasteiger partial charge is 0.368 e. The summed E-state index contributed by atoms with van der Waals surface area (Å²) in [4.78, 5) is 42.4. The number of nitrogens with zero attached hydrogens (tertiary/aromatic N) is 3. The Balaban J connectivity index is 1.82. The van der Waals surface area contributed by atoms with Crippen LogP contribution in [0.5, 0.6) is 0 Å². The van der Waals surface area contributed by atoms with Gasteiger partial charge in [-0.25, -0.2) is 4.39 Å². The van der Waals surface area contributed by atoms with Crippen LogP contribution in [0.4, 0.5) is 4.39 Å². The van der Waals surface area contributed by atoms with E-state index in [2.05, 4.69) is 6.07 Å². The molecule has 0 saturated carbocycles. The summed E-state index contributed by atoms with van der Waals surface area (Å²) in [5, 5.41) is 9.24. The van der Waals surface area contributed by atoms with Gasteiger partial charge < -0.3 is 21.3 Å². The van der Waals surface area contributed by atoms with Crippen molar-refractivity contribution < 1.29 is 18.8 Å². The van der Waals surface area contributed by atoms with E-state index in [-0.39, 0.29) is 37.1 Å². The highest BCUT2D eigenvalue weighted by Gasteiger charge is 2.43. The zero-order chi connectivity index (χ0) is 26.4. The van der Waals surface area contributed by atoms with Crippen molar-refractivity contribution >= 4 is 17.7 Å². The Hall–Kier alpha value is -3.77. The van der Waals surface area contributed by atoms with Crippen LogP contribution in [0.25, 0.3) is 0 Å². The van der Waals surface area contributed by atoms with Gasteiger partial charge in [-0.2, -0.15) is 5.26 Å². The molecule has 8 nitrogen and oxygen atoms in total. The number of hydrogen-bond donors (Lipinski definition) is 2. The topological polar surface area (TPSA) is 134 Å². The van der Waals surface area contributed by atoms with Crippen LogP contribution in [0.2, 0.25) is 0 Å². The summed E-state index contributed by atoms with van der Waals surface area (Å²) in [7, 11) is 0. The van der Waals surface area contributed by atoms with Gasteiger partial charge in [0, 0.05) is 19.0 Å². The van der Waals surface area contributed by atoms with Crippen molar-refractivity contribution in [2.24, 2.45) is 11.5 Å². The smallest absolute Gasteiger partial charge is 0.246 e. The van der Waals surface area contributed by atoms with Gasteiger partial charge in [0.25, 0.3) is 0 Å². The Kier molecular flexibility index (Phi) is 8.78. The van der Waals surface area contributed by atoms with Crippen LogP contribution in [-0.2, 0) is 20.8 Å². The number of halogens is 1. The summed E-state index contributed by atoms with van der Waals surface area (Å²) >= 11 is 0. The number of carbonyl (C=O) groups is 3.